The third kappa shape index (κ3) is 3.24. The van der Waals surface area contributed by atoms with Crippen molar-refractivity contribution < 1.29 is 14.0 Å². The van der Waals surface area contributed by atoms with Crippen molar-refractivity contribution in [2.45, 2.75) is 0 Å². The summed E-state index contributed by atoms with van der Waals surface area (Å²) in [6.45, 7) is 0. The minimum absolute atomic E-state index is 0.162. The molecule has 0 aliphatic carbocycles. The van der Waals surface area contributed by atoms with E-state index in [2.05, 4.69) is 0 Å². The highest BCUT2D eigenvalue weighted by Crippen LogP contribution is 2.17. The molecule has 0 heterocycles. The SMILES string of the molecule is O=C(c1ccccc1)c1cc(F)cc(C(=O)c2ccccc2)c1. The lowest BCUT2D eigenvalue weighted by Crippen LogP contribution is -2.07. The first-order valence-electron chi connectivity index (χ1n) is 7.15. The Hall–Kier alpha value is -3.07. The Morgan fingerprint density at radius 1 is 0.565 bits per heavy atom. The number of benzene rings is 3. The number of ketones is 2. The van der Waals surface area contributed by atoms with Crippen LogP contribution in [-0.2, 0) is 0 Å². The van der Waals surface area contributed by atoms with E-state index in [4.69, 9.17) is 0 Å². The van der Waals surface area contributed by atoms with E-state index in [-0.39, 0.29) is 22.7 Å². The largest absolute Gasteiger partial charge is 0.289 e. The van der Waals surface area contributed by atoms with Crippen molar-refractivity contribution in [2.75, 3.05) is 0 Å². The van der Waals surface area contributed by atoms with Crippen LogP contribution < -0.4 is 0 Å². The van der Waals surface area contributed by atoms with Gasteiger partial charge in [0.25, 0.3) is 0 Å². The van der Waals surface area contributed by atoms with Crippen molar-refractivity contribution in [3.8, 4) is 0 Å². The van der Waals surface area contributed by atoms with Crippen LogP contribution in [0, 0.1) is 5.82 Å². The summed E-state index contributed by atoms with van der Waals surface area (Å²) in [5, 5.41) is 0. The summed E-state index contributed by atoms with van der Waals surface area (Å²) in [5.74, 6) is -1.23. The highest BCUT2D eigenvalue weighted by molar-refractivity contribution is 6.13. The molecule has 0 aromatic heterocycles. The average molecular weight is 304 g/mol. The van der Waals surface area contributed by atoms with Gasteiger partial charge in [0.15, 0.2) is 11.6 Å². The maximum Gasteiger partial charge on any atom is 0.193 e. The fraction of sp³-hybridized carbons (Fsp3) is 0. The lowest BCUT2D eigenvalue weighted by Gasteiger charge is -2.06. The van der Waals surface area contributed by atoms with Crippen molar-refractivity contribution in [3.63, 3.8) is 0 Å². The molecule has 0 amide bonds. The van der Waals surface area contributed by atoms with E-state index >= 15 is 0 Å². The van der Waals surface area contributed by atoms with Crippen LogP contribution in [0.15, 0.2) is 78.9 Å². The fourth-order valence-corrected chi connectivity index (χ4v) is 2.36. The van der Waals surface area contributed by atoms with Crippen molar-refractivity contribution in [1.29, 1.82) is 0 Å². The van der Waals surface area contributed by atoms with Crippen LogP contribution in [0.3, 0.4) is 0 Å². The zero-order valence-electron chi connectivity index (χ0n) is 12.2. The zero-order chi connectivity index (χ0) is 16.2. The van der Waals surface area contributed by atoms with Crippen LogP contribution in [0.25, 0.3) is 0 Å². The summed E-state index contributed by atoms with van der Waals surface area (Å²) in [7, 11) is 0. The highest BCUT2D eigenvalue weighted by Gasteiger charge is 2.15. The summed E-state index contributed by atoms with van der Waals surface area (Å²) in [4.78, 5) is 24.9. The summed E-state index contributed by atoms with van der Waals surface area (Å²) < 4.78 is 13.9. The first kappa shape index (κ1) is 14.9. The minimum Gasteiger partial charge on any atom is -0.289 e. The Labute approximate surface area is 133 Å². The molecular formula is C20H13FO2. The van der Waals surface area contributed by atoms with Gasteiger partial charge in [0, 0.05) is 22.3 Å². The molecular weight excluding hydrogens is 291 g/mol. The van der Waals surface area contributed by atoms with E-state index in [0.717, 1.165) is 12.1 Å². The molecule has 3 rings (SSSR count). The number of carbonyl (C=O) groups excluding carboxylic acids is 2. The summed E-state index contributed by atoms with van der Waals surface area (Å²) in [5.41, 5.74) is 1.23. The van der Waals surface area contributed by atoms with Crippen LogP contribution in [0.1, 0.15) is 31.8 Å². The van der Waals surface area contributed by atoms with Gasteiger partial charge in [-0.2, -0.15) is 0 Å². The third-order valence-corrected chi connectivity index (χ3v) is 3.49. The molecule has 0 atom stereocenters. The van der Waals surface area contributed by atoms with Crippen molar-refractivity contribution >= 4 is 11.6 Å². The second-order valence-electron chi connectivity index (χ2n) is 5.12. The van der Waals surface area contributed by atoms with Gasteiger partial charge in [0.2, 0.25) is 0 Å². The van der Waals surface area contributed by atoms with Crippen LogP contribution in [0.5, 0.6) is 0 Å². The summed E-state index contributed by atoms with van der Waals surface area (Å²) in [6, 6.07) is 20.9. The Morgan fingerprint density at radius 3 is 1.35 bits per heavy atom. The van der Waals surface area contributed by atoms with Crippen LogP contribution in [-0.4, -0.2) is 11.6 Å². The van der Waals surface area contributed by atoms with Crippen molar-refractivity contribution in [3.05, 3.63) is 107 Å². The number of carbonyl (C=O) groups is 2. The molecule has 0 unspecified atom stereocenters. The minimum atomic E-state index is -0.605. The van der Waals surface area contributed by atoms with Crippen LogP contribution in [0.4, 0.5) is 4.39 Å². The quantitative estimate of drug-likeness (QED) is 0.674. The zero-order valence-corrected chi connectivity index (χ0v) is 12.2. The Bertz CT molecular complexity index is 786. The molecule has 0 spiro atoms. The number of halogens is 1. The maximum atomic E-state index is 13.9. The van der Waals surface area contributed by atoms with Gasteiger partial charge in [-0.25, -0.2) is 4.39 Å². The molecule has 3 heteroatoms. The van der Waals surface area contributed by atoms with Gasteiger partial charge in [0.1, 0.15) is 5.82 Å². The summed E-state index contributed by atoms with van der Waals surface area (Å²) >= 11 is 0. The molecule has 0 saturated carbocycles. The Balaban J connectivity index is 2.00. The second-order valence-corrected chi connectivity index (χ2v) is 5.12. The van der Waals surface area contributed by atoms with E-state index in [9.17, 15) is 14.0 Å². The van der Waals surface area contributed by atoms with Gasteiger partial charge in [-0.05, 0) is 18.2 Å². The molecule has 0 aliphatic heterocycles. The topological polar surface area (TPSA) is 34.1 Å². The first-order valence-corrected chi connectivity index (χ1v) is 7.15. The molecule has 0 aliphatic rings. The van der Waals surface area contributed by atoms with E-state index in [1.165, 1.54) is 6.07 Å². The van der Waals surface area contributed by atoms with Crippen molar-refractivity contribution in [1.82, 2.24) is 0 Å². The van der Waals surface area contributed by atoms with Gasteiger partial charge >= 0.3 is 0 Å². The van der Waals surface area contributed by atoms with Gasteiger partial charge in [-0.1, -0.05) is 60.7 Å². The standard InChI is InChI=1S/C20H13FO2/c21-18-12-16(19(22)14-7-3-1-4-8-14)11-17(13-18)20(23)15-9-5-2-6-10-15/h1-13H. The van der Waals surface area contributed by atoms with E-state index in [1.54, 1.807) is 60.7 Å². The second kappa shape index (κ2) is 6.36. The molecule has 0 saturated heterocycles. The van der Waals surface area contributed by atoms with Crippen molar-refractivity contribution in [2.24, 2.45) is 0 Å². The number of rotatable bonds is 4. The molecule has 0 radical (unpaired) electrons. The predicted molar refractivity (Wildman–Crippen MR) is 86.1 cm³/mol. The molecule has 0 N–H and O–H groups in total. The highest BCUT2D eigenvalue weighted by atomic mass is 19.1. The predicted octanol–water partition coefficient (Wildman–Crippen LogP) is 4.29. The van der Waals surface area contributed by atoms with E-state index in [1.807, 2.05) is 0 Å². The molecule has 3 aromatic rings. The van der Waals surface area contributed by atoms with Gasteiger partial charge in [-0.3, -0.25) is 9.59 Å². The Morgan fingerprint density at radius 2 is 0.957 bits per heavy atom. The lowest BCUT2D eigenvalue weighted by molar-refractivity contribution is 0.103. The smallest absolute Gasteiger partial charge is 0.193 e. The molecule has 3 aromatic carbocycles. The normalized spacial score (nSPS) is 10.3. The van der Waals surface area contributed by atoms with Crippen LogP contribution >= 0.6 is 0 Å². The average Bonchev–Trinajstić information content (AvgIpc) is 2.61. The fourth-order valence-electron chi connectivity index (χ4n) is 2.36. The third-order valence-electron chi connectivity index (χ3n) is 3.49. The first-order chi connectivity index (χ1) is 11.1. The number of hydrogen-bond acceptors (Lipinski definition) is 2. The van der Waals surface area contributed by atoms with E-state index < -0.39 is 5.82 Å². The molecule has 0 fully saturated rings. The van der Waals surface area contributed by atoms with Gasteiger partial charge in [-0.15, -0.1) is 0 Å². The van der Waals surface area contributed by atoms with Gasteiger partial charge < -0.3 is 0 Å². The number of hydrogen-bond donors (Lipinski definition) is 0. The molecule has 0 bridgehead atoms. The molecule has 112 valence electrons. The maximum absolute atomic E-state index is 13.9. The Kier molecular flexibility index (Phi) is 4.11. The molecule has 23 heavy (non-hydrogen) atoms. The van der Waals surface area contributed by atoms with Crippen LogP contribution in [0.2, 0.25) is 0 Å². The van der Waals surface area contributed by atoms with E-state index in [0.29, 0.717) is 11.1 Å². The lowest BCUT2D eigenvalue weighted by atomic mass is 9.97. The van der Waals surface area contributed by atoms with Gasteiger partial charge in [0.05, 0.1) is 0 Å². The monoisotopic (exact) mass is 304 g/mol. The summed E-state index contributed by atoms with van der Waals surface area (Å²) in [6.07, 6.45) is 0. The molecule has 2 nitrogen and oxygen atoms in total.